The fourth-order valence-corrected chi connectivity index (χ4v) is 6.98. The number of hydrogen-bond donors (Lipinski definition) is 3. The number of phenols is 1. The highest BCUT2D eigenvalue weighted by atomic mass is 35.5. The van der Waals surface area contributed by atoms with Crippen molar-refractivity contribution in [1.29, 1.82) is 0 Å². The Bertz CT molecular complexity index is 1750. The molecule has 0 bridgehead atoms. The molecule has 17 heteroatoms. The van der Waals surface area contributed by atoms with E-state index in [2.05, 4.69) is 0 Å². The molecule has 0 saturated carbocycles. The predicted octanol–water partition coefficient (Wildman–Crippen LogP) is 9.29. The van der Waals surface area contributed by atoms with E-state index in [0.717, 1.165) is 12.1 Å². The molecule has 1 fully saturated rings. The second kappa shape index (κ2) is 14.1. The first-order valence-electron chi connectivity index (χ1n) is 14.8. The lowest BCUT2D eigenvalue weighted by Gasteiger charge is -2.28. The Kier molecular flexibility index (Phi) is 11.2. The molecule has 1 aliphatic heterocycles. The van der Waals surface area contributed by atoms with E-state index in [1.807, 2.05) is 20.5 Å². The lowest BCUT2D eigenvalue weighted by atomic mass is 9.74. The summed E-state index contributed by atoms with van der Waals surface area (Å²) in [5.41, 5.74) is -5.80. The zero-order valence-electron chi connectivity index (χ0n) is 26.3. The lowest BCUT2D eigenvalue weighted by molar-refractivity contribution is -0.247. The van der Waals surface area contributed by atoms with E-state index in [1.165, 1.54) is 36.4 Å². The topological polar surface area (TPSA) is 88.4 Å². The highest BCUT2D eigenvalue weighted by Gasteiger charge is 2.62. The van der Waals surface area contributed by atoms with Crippen molar-refractivity contribution in [2.24, 2.45) is 0 Å². The number of aliphatic hydroxyl groups is 2. The van der Waals surface area contributed by atoms with E-state index >= 15 is 0 Å². The first-order chi connectivity index (χ1) is 22.7. The van der Waals surface area contributed by atoms with Gasteiger partial charge in [-0.2, -0.15) is 26.3 Å². The van der Waals surface area contributed by atoms with E-state index in [-0.39, 0.29) is 72.2 Å². The maximum atomic E-state index is 13.5. The van der Waals surface area contributed by atoms with Gasteiger partial charge >= 0.3 is 33.7 Å². The summed E-state index contributed by atoms with van der Waals surface area (Å²) in [6.45, 7) is 7.21. The molecule has 50 heavy (non-hydrogen) atoms. The van der Waals surface area contributed by atoms with Gasteiger partial charge in [0.05, 0.1) is 5.02 Å². The molecule has 6 nitrogen and oxygen atoms in total. The molecule has 4 aromatic carbocycles. The number of aryl methyl sites for hydroxylation is 1. The van der Waals surface area contributed by atoms with Crippen LogP contribution in [-0.2, 0) is 24.9 Å². The van der Waals surface area contributed by atoms with Crippen LogP contribution >= 0.6 is 23.2 Å². The Morgan fingerprint density at radius 1 is 0.600 bits per heavy atom. The molecule has 2 aliphatic carbocycles. The van der Waals surface area contributed by atoms with Crippen LogP contribution in [0.2, 0.25) is 30.5 Å². The van der Waals surface area contributed by atoms with Crippen LogP contribution in [0, 0.1) is 6.92 Å². The third-order valence-electron chi connectivity index (χ3n) is 8.23. The van der Waals surface area contributed by atoms with Gasteiger partial charge in [0.25, 0.3) is 0 Å². The van der Waals surface area contributed by atoms with E-state index < -0.39 is 34.9 Å². The van der Waals surface area contributed by atoms with Gasteiger partial charge in [-0.25, -0.2) is 0 Å². The number of aromatic hydroxyl groups is 1. The van der Waals surface area contributed by atoms with Gasteiger partial charge in [-0.05, 0) is 62.3 Å². The van der Waals surface area contributed by atoms with E-state index in [1.54, 1.807) is 31.2 Å². The molecule has 0 radical (unpaired) electrons. The third kappa shape index (κ3) is 6.77. The Labute approximate surface area is 296 Å². The average Bonchev–Trinajstić information content (AvgIpc) is 3.40. The zero-order chi connectivity index (χ0) is 36.3. The van der Waals surface area contributed by atoms with E-state index in [4.69, 9.17) is 36.9 Å². The fourth-order valence-electron chi connectivity index (χ4n) is 6.29. The molecular formula is C33H31B3Cl2F6O6. The van der Waals surface area contributed by atoms with Crippen molar-refractivity contribution < 1.29 is 55.4 Å². The van der Waals surface area contributed by atoms with Gasteiger partial charge in [-0.1, -0.05) is 85.2 Å². The van der Waals surface area contributed by atoms with Crippen LogP contribution in [0.3, 0.4) is 0 Å². The summed E-state index contributed by atoms with van der Waals surface area (Å²) in [6, 6.07) is 16.6. The second-order valence-electron chi connectivity index (χ2n) is 11.6. The summed E-state index contributed by atoms with van der Waals surface area (Å²) in [5, 5.41) is 30.4. The number of benzene rings is 4. The molecular weight excluding hydrogens is 710 g/mol. The van der Waals surface area contributed by atoms with Gasteiger partial charge < -0.3 is 29.0 Å². The molecule has 0 spiro atoms. The van der Waals surface area contributed by atoms with Gasteiger partial charge in [-0.15, -0.1) is 0 Å². The summed E-state index contributed by atoms with van der Waals surface area (Å²) in [6.07, 6.45) is -9.74. The van der Waals surface area contributed by atoms with Crippen LogP contribution in [0.15, 0.2) is 72.8 Å². The molecule has 0 amide bonds. The number of alkyl halides is 6. The monoisotopic (exact) mass is 740 g/mol. The summed E-state index contributed by atoms with van der Waals surface area (Å²) >= 11 is 12.0. The minimum absolute atomic E-state index is 0. The Balaban J connectivity index is 0.000000179. The van der Waals surface area contributed by atoms with Crippen molar-refractivity contribution in [3.05, 3.63) is 111 Å². The summed E-state index contributed by atoms with van der Waals surface area (Å²) < 4.78 is 95.9. The molecule has 4 aromatic rings. The Hall–Kier alpha value is -3.17. The minimum Gasteiger partial charge on any atom is -0.508 e. The standard InChI is InChI=1S/C15H10ClF3O.C14H8ClF3O2.C3H9B3O3.CH4/c1-8-6-11-13(12(16)7-8)9-4-2-3-5-10(9)14(11,20)15(17,18)19;15-11-6-7(19)5-10-12(11)8-3-1-2-4-9(8)13(10,20)14(16,17)18;1-4-7-5(2)9-6(3)8-4;/h2-7,20H,1H3;1-6,19-20H;1-3H3;1H4. The van der Waals surface area contributed by atoms with Gasteiger partial charge in [0.2, 0.25) is 11.2 Å². The number of phenolic OH excluding ortho intramolecular Hbond substituents is 1. The van der Waals surface area contributed by atoms with Gasteiger partial charge in [0, 0.05) is 38.4 Å². The number of fused-ring (bicyclic) bond motifs is 6. The van der Waals surface area contributed by atoms with Crippen LogP contribution in [0.4, 0.5) is 26.3 Å². The van der Waals surface area contributed by atoms with Gasteiger partial charge in [0.1, 0.15) is 5.75 Å². The van der Waals surface area contributed by atoms with Crippen molar-refractivity contribution >= 4 is 44.6 Å². The number of hydrogen-bond acceptors (Lipinski definition) is 6. The molecule has 3 aliphatic rings. The Morgan fingerprint density at radius 2 is 0.960 bits per heavy atom. The van der Waals surface area contributed by atoms with Crippen molar-refractivity contribution in [3.63, 3.8) is 0 Å². The summed E-state index contributed by atoms with van der Waals surface area (Å²) in [7, 11) is -0.406. The quantitative estimate of drug-likeness (QED) is 0.123. The lowest BCUT2D eigenvalue weighted by Crippen LogP contribution is -2.44. The molecule has 2 atom stereocenters. The SMILES string of the molecule is C.CB1OB(C)OB(C)O1.Cc1cc(Cl)c2c(c1)C(O)(C(F)(F)F)c1ccccc1-2.Oc1cc(Cl)c2c(c1)C(O)(C(F)(F)F)c1ccccc1-2. The van der Waals surface area contributed by atoms with Crippen molar-refractivity contribution in [2.75, 3.05) is 0 Å². The van der Waals surface area contributed by atoms with Crippen LogP contribution in [0.25, 0.3) is 22.3 Å². The third-order valence-corrected chi connectivity index (χ3v) is 8.83. The molecule has 264 valence electrons. The van der Waals surface area contributed by atoms with Crippen LogP contribution < -0.4 is 0 Å². The van der Waals surface area contributed by atoms with E-state index in [0.29, 0.717) is 11.1 Å². The van der Waals surface area contributed by atoms with Crippen molar-refractivity contribution in [3.8, 4) is 28.0 Å². The van der Waals surface area contributed by atoms with Gasteiger partial charge in [-0.3, -0.25) is 0 Å². The summed E-state index contributed by atoms with van der Waals surface area (Å²) in [4.78, 5) is 0. The first kappa shape index (κ1) is 39.6. The zero-order valence-corrected chi connectivity index (χ0v) is 27.8. The largest absolute Gasteiger partial charge is 0.508 e. The van der Waals surface area contributed by atoms with Crippen LogP contribution in [0.5, 0.6) is 5.75 Å². The molecule has 3 N–H and O–H groups in total. The number of rotatable bonds is 0. The number of halogens is 8. The second-order valence-corrected chi connectivity index (χ2v) is 12.5. The van der Waals surface area contributed by atoms with E-state index in [9.17, 15) is 41.7 Å². The minimum atomic E-state index is -4.93. The van der Waals surface area contributed by atoms with Gasteiger partial charge in [0.15, 0.2) is 0 Å². The molecule has 1 saturated heterocycles. The van der Waals surface area contributed by atoms with Crippen LogP contribution in [-0.4, -0.2) is 49.0 Å². The normalized spacial score (nSPS) is 20.3. The molecule has 2 unspecified atom stereocenters. The molecule has 1 heterocycles. The summed E-state index contributed by atoms with van der Waals surface area (Å²) in [5.74, 6) is -0.427. The predicted molar refractivity (Wildman–Crippen MR) is 183 cm³/mol. The van der Waals surface area contributed by atoms with Crippen molar-refractivity contribution in [2.45, 2.75) is 58.4 Å². The Morgan fingerprint density at radius 3 is 1.36 bits per heavy atom. The molecule has 0 aromatic heterocycles. The highest BCUT2D eigenvalue weighted by molar-refractivity contribution is 6.72. The van der Waals surface area contributed by atoms with Crippen molar-refractivity contribution in [1.82, 2.24) is 0 Å². The van der Waals surface area contributed by atoms with Crippen LogP contribution in [0.1, 0.15) is 35.2 Å². The fraction of sp³-hybridized carbons (Fsp3) is 0.273. The maximum absolute atomic E-state index is 13.5. The highest BCUT2D eigenvalue weighted by Crippen LogP contribution is 2.58. The smallest absolute Gasteiger partial charge is 0.426 e. The first-order valence-corrected chi connectivity index (χ1v) is 15.5. The molecule has 7 rings (SSSR count). The maximum Gasteiger partial charge on any atom is 0.426 e. The average molecular weight is 741 g/mol.